The van der Waals surface area contributed by atoms with Crippen LogP contribution in [0.25, 0.3) is 0 Å². The third kappa shape index (κ3) is 4.18. The number of nitrogens with one attached hydrogen (secondary N) is 1. The van der Waals surface area contributed by atoms with Crippen LogP contribution < -0.4 is 5.32 Å². The van der Waals surface area contributed by atoms with Gasteiger partial charge < -0.3 is 15.3 Å². The molecule has 1 atom stereocenters. The van der Waals surface area contributed by atoms with Crippen LogP contribution in [0.5, 0.6) is 0 Å². The van der Waals surface area contributed by atoms with Gasteiger partial charge in [-0.2, -0.15) is 0 Å². The minimum atomic E-state index is -1.15. The first-order valence-electron chi connectivity index (χ1n) is 6.60. The van der Waals surface area contributed by atoms with Crippen molar-refractivity contribution in [1.29, 1.82) is 0 Å². The quantitative estimate of drug-likeness (QED) is 0.794. The molecule has 0 fully saturated rings. The second-order valence-corrected chi connectivity index (χ2v) is 5.42. The number of carboxylic acids is 1. The Morgan fingerprint density at radius 3 is 2.55 bits per heavy atom. The highest BCUT2D eigenvalue weighted by Crippen LogP contribution is 2.27. The number of anilines is 1. The molecule has 0 radical (unpaired) electrons. The van der Waals surface area contributed by atoms with E-state index in [2.05, 4.69) is 40.0 Å². The molecule has 4 nitrogen and oxygen atoms in total. The van der Waals surface area contributed by atoms with Crippen LogP contribution in [-0.2, 0) is 0 Å². The zero-order chi connectivity index (χ0) is 15.3. The Bertz CT molecular complexity index is 478. The molecule has 1 aromatic rings. The Labute approximate surface area is 127 Å². The largest absolute Gasteiger partial charge is 0.478 e. The topological polar surface area (TPSA) is 52.6 Å². The summed E-state index contributed by atoms with van der Waals surface area (Å²) in [5, 5.41) is 12.0. The molecule has 1 unspecified atom stereocenters. The third-order valence-corrected chi connectivity index (χ3v) is 3.92. The third-order valence-electron chi connectivity index (χ3n) is 3.14. The van der Waals surface area contributed by atoms with Gasteiger partial charge in [0.05, 0.1) is 15.7 Å². The number of nitrogens with zero attached hydrogens (tertiary/aromatic N) is 1. The van der Waals surface area contributed by atoms with Gasteiger partial charge in [0, 0.05) is 12.6 Å². The van der Waals surface area contributed by atoms with Crippen LogP contribution in [0.4, 0.5) is 10.1 Å². The number of carbonyl (C=O) groups is 1. The first-order valence-corrected chi connectivity index (χ1v) is 7.40. The summed E-state index contributed by atoms with van der Waals surface area (Å²) >= 11 is 2.99. The van der Waals surface area contributed by atoms with Crippen molar-refractivity contribution in [3.8, 4) is 0 Å². The Morgan fingerprint density at radius 2 is 2.05 bits per heavy atom. The lowest BCUT2D eigenvalue weighted by molar-refractivity contribution is 0.0695. The molecule has 0 amide bonds. The van der Waals surface area contributed by atoms with E-state index in [-0.39, 0.29) is 16.1 Å². The maximum atomic E-state index is 14.1. The average molecular weight is 347 g/mol. The van der Waals surface area contributed by atoms with E-state index in [1.54, 1.807) is 0 Å². The SMILES string of the molecule is CCN(CC)CC(C)Nc1ccc(C(=O)O)c(Br)c1F. The maximum Gasteiger partial charge on any atom is 0.336 e. The van der Waals surface area contributed by atoms with Crippen molar-refractivity contribution in [2.24, 2.45) is 0 Å². The summed E-state index contributed by atoms with van der Waals surface area (Å²) in [5.41, 5.74) is 0.228. The normalized spacial score (nSPS) is 12.5. The van der Waals surface area contributed by atoms with Crippen LogP contribution >= 0.6 is 15.9 Å². The van der Waals surface area contributed by atoms with E-state index in [0.717, 1.165) is 19.6 Å². The zero-order valence-electron chi connectivity index (χ0n) is 11.9. The van der Waals surface area contributed by atoms with Crippen molar-refractivity contribution in [2.75, 3.05) is 25.0 Å². The second kappa shape index (κ2) is 7.59. The molecule has 0 aliphatic carbocycles. The summed E-state index contributed by atoms with van der Waals surface area (Å²) in [7, 11) is 0. The Kier molecular flexibility index (Phi) is 6.42. The van der Waals surface area contributed by atoms with Crippen LogP contribution in [0.2, 0.25) is 0 Å². The number of aromatic carboxylic acids is 1. The number of benzene rings is 1. The molecular weight excluding hydrogens is 327 g/mol. The van der Waals surface area contributed by atoms with Crippen LogP contribution in [-0.4, -0.2) is 41.7 Å². The number of hydrogen-bond donors (Lipinski definition) is 2. The Balaban J connectivity index is 2.83. The summed E-state index contributed by atoms with van der Waals surface area (Å²) in [6.07, 6.45) is 0. The summed E-state index contributed by atoms with van der Waals surface area (Å²) < 4.78 is 14.1. The van der Waals surface area contributed by atoms with Crippen molar-refractivity contribution in [3.63, 3.8) is 0 Å². The lowest BCUT2D eigenvalue weighted by atomic mass is 10.2. The molecule has 1 rings (SSSR count). The van der Waals surface area contributed by atoms with Crippen LogP contribution in [0.1, 0.15) is 31.1 Å². The van der Waals surface area contributed by atoms with Gasteiger partial charge in [-0.15, -0.1) is 0 Å². The van der Waals surface area contributed by atoms with Gasteiger partial charge in [0.1, 0.15) is 0 Å². The molecule has 112 valence electrons. The first-order chi connectivity index (χ1) is 9.40. The molecule has 0 saturated heterocycles. The van der Waals surface area contributed by atoms with E-state index < -0.39 is 11.8 Å². The summed E-state index contributed by atoms with van der Waals surface area (Å²) in [5.74, 6) is -1.73. The number of rotatable bonds is 7. The van der Waals surface area contributed by atoms with Crippen molar-refractivity contribution in [2.45, 2.75) is 26.8 Å². The highest BCUT2D eigenvalue weighted by Gasteiger charge is 2.17. The molecule has 0 aliphatic heterocycles. The predicted octanol–water partition coefficient (Wildman–Crippen LogP) is 3.43. The molecule has 0 bridgehead atoms. The van der Waals surface area contributed by atoms with Crippen LogP contribution in [0.3, 0.4) is 0 Å². The molecule has 0 aromatic heterocycles. The van der Waals surface area contributed by atoms with Crippen molar-refractivity contribution < 1.29 is 14.3 Å². The highest BCUT2D eigenvalue weighted by molar-refractivity contribution is 9.10. The smallest absolute Gasteiger partial charge is 0.336 e. The molecule has 20 heavy (non-hydrogen) atoms. The van der Waals surface area contributed by atoms with Gasteiger partial charge in [-0.25, -0.2) is 9.18 Å². The average Bonchev–Trinajstić information content (AvgIpc) is 2.41. The van der Waals surface area contributed by atoms with Crippen LogP contribution in [0, 0.1) is 5.82 Å². The fraction of sp³-hybridized carbons (Fsp3) is 0.500. The van der Waals surface area contributed by atoms with Gasteiger partial charge in [0.15, 0.2) is 5.82 Å². The predicted molar refractivity (Wildman–Crippen MR) is 81.9 cm³/mol. The molecule has 1 aromatic carbocycles. The Morgan fingerprint density at radius 1 is 1.45 bits per heavy atom. The van der Waals surface area contributed by atoms with Crippen molar-refractivity contribution in [3.05, 3.63) is 28.0 Å². The lowest BCUT2D eigenvalue weighted by Gasteiger charge is -2.24. The lowest BCUT2D eigenvalue weighted by Crippen LogP contribution is -2.35. The standard InChI is InChI=1S/C14H20BrFN2O2/c1-4-18(5-2)8-9(3)17-11-7-6-10(14(19)20)12(15)13(11)16/h6-7,9,17H,4-5,8H2,1-3H3,(H,19,20). The molecular formula is C14H20BrFN2O2. The van der Waals surface area contributed by atoms with Crippen LogP contribution in [0.15, 0.2) is 16.6 Å². The molecule has 0 aliphatic rings. The van der Waals surface area contributed by atoms with Crippen molar-refractivity contribution in [1.82, 2.24) is 4.90 Å². The number of halogens is 2. The monoisotopic (exact) mass is 346 g/mol. The van der Waals surface area contributed by atoms with E-state index in [0.29, 0.717) is 5.69 Å². The first kappa shape index (κ1) is 16.9. The Hall–Kier alpha value is -1.14. The van der Waals surface area contributed by atoms with Gasteiger partial charge >= 0.3 is 5.97 Å². The van der Waals surface area contributed by atoms with Gasteiger partial charge in [-0.3, -0.25) is 0 Å². The number of likely N-dealkylation sites (N-methyl/N-ethyl adjacent to an activating group) is 1. The maximum absolute atomic E-state index is 14.1. The molecule has 0 heterocycles. The van der Waals surface area contributed by atoms with E-state index >= 15 is 0 Å². The number of hydrogen-bond acceptors (Lipinski definition) is 3. The second-order valence-electron chi connectivity index (χ2n) is 4.63. The minimum absolute atomic E-state index is 0.0231. The van der Waals surface area contributed by atoms with E-state index in [9.17, 15) is 9.18 Å². The van der Waals surface area contributed by atoms with Gasteiger partial charge in [-0.05, 0) is 48.1 Å². The highest BCUT2D eigenvalue weighted by atomic mass is 79.9. The minimum Gasteiger partial charge on any atom is -0.478 e. The summed E-state index contributed by atoms with van der Waals surface area (Å²) in [6, 6.07) is 2.91. The zero-order valence-corrected chi connectivity index (χ0v) is 13.5. The summed E-state index contributed by atoms with van der Waals surface area (Å²) in [4.78, 5) is 13.1. The number of carboxylic acid groups (broad SMARTS) is 1. The van der Waals surface area contributed by atoms with E-state index in [1.165, 1.54) is 12.1 Å². The fourth-order valence-electron chi connectivity index (χ4n) is 2.01. The molecule has 6 heteroatoms. The van der Waals surface area contributed by atoms with Gasteiger partial charge in [0.2, 0.25) is 0 Å². The molecule has 0 saturated carbocycles. The summed E-state index contributed by atoms with van der Waals surface area (Å²) in [6.45, 7) is 8.80. The molecule has 0 spiro atoms. The fourth-order valence-corrected chi connectivity index (χ4v) is 2.52. The molecule has 2 N–H and O–H groups in total. The van der Waals surface area contributed by atoms with E-state index in [4.69, 9.17) is 5.11 Å². The van der Waals surface area contributed by atoms with Gasteiger partial charge in [0.25, 0.3) is 0 Å². The van der Waals surface area contributed by atoms with Crippen molar-refractivity contribution >= 4 is 27.6 Å². The van der Waals surface area contributed by atoms with Gasteiger partial charge in [-0.1, -0.05) is 13.8 Å². The van der Waals surface area contributed by atoms with E-state index in [1.807, 2.05) is 6.92 Å².